The zero-order valence-corrected chi connectivity index (χ0v) is 10.1. The molecular weight excluding hydrogens is 204 g/mol. The van der Waals surface area contributed by atoms with E-state index in [0.717, 1.165) is 25.7 Å². The second-order valence-corrected chi connectivity index (χ2v) is 5.35. The molecule has 0 radical (unpaired) electrons. The lowest BCUT2D eigenvalue weighted by molar-refractivity contribution is 0.176. The van der Waals surface area contributed by atoms with Gasteiger partial charge in [-0.15, -0.1) is 0 Å². The summed E-state index contributed by atoms with van der Waals surface area (Å²) in [5, 5.41) is 0. The van der Waals surface area contributed by atoms with Gasteiger partial charge < -0.3 is 0 Å². The van der Waals surface area contributed by atoms with Crippen molar-refractivity contribution in [3.63, 3.8) is 0 Å². The monoisotopic (exact) mass is 222 g/mol. The van der Waals surface area contributed by atoms with E-state index in [0.29, 0.717) is 0 Å². The molecule has 16 heavy (non-hydrogen) atoms. The molecule has 0 N–H and O–H groups in total. The van der Waals surface area contributed by atoms with E-state index >= 15 is 0 Å². The van der Waals surface area contributed by atoms with Crippen molar-refractivity contribution in [2.75, 3.05) is 0 Å². The zero-order chi connectivity index (χ0) is 12.2. The van der Waals surface area contributed by atoms with Crippen LogP contribution < -0.4 is 0 Å². The molecule has 0 amide bonds. The lowest BCUT2D eigenvalue weighted by Crippen LogP contribution is -2.39. The molecule has 1 aliphatic carbocycles. The van der Waals surface area contributed by atoms with E-state index in [9.17, 15) is 9.59 Å². The lowest BCUT2D eigenvalue weighted by atomic mass is 9.70. The summed E-state index contributed by atoms with van der Waals surface area (Å²) in [7, 11) is 0. The molecule has 1 fully saturated rings. The first-order valence-corrected chi connectivity index (χ1v) is 5.61. The van der Waals surface area contributed by atoms with Gasteiger partial charge in [-0.1, -0.05) is 6.42 Å². The van der Waals surface area contributed by atoms with Crippen LogP contribution in [0.5, 0.6) is 0 Å². The van der Waals surface area contributed by atoms with Crippen molar-refractivity contribution in [1.82, 2.24) is 0 Å². The van der Waals surface area contributed by atoms with Crippen molar-refractivity contribution in [3.05, 3.63) is 0 Å². The summed E-state index contributed by atoms with van der Waals surface area (Å²) in [6, 6.07) is 0. The van der Waals surface area contributed by atoms with Crippen LogP contribution in [0.1, 0.15) is 46.5 Å². The molecule has 0 aromatic carbocycles. The smallest absolute Gasteiger partial charge is 0.211 e. The first kappa shape index (κ1) is 12.8. The maximum atomic E-state index is 10.4. The molecule has 2 unspecified atom stereocenters. The molecule has 1 saturated carbocycles. The standard InChI is InChI=1S/C12H18N2O2/c1-11(2,13-8-15)10-5-4-6-12(3,7-10)14-9-16/h10H,4-7H2,1-3H3. The number of rotatable bonds is 3. The fraction of sp³-hybridized carbons (Fsp3) is 0.833. The highest BCUT2D eigenvalue weighted by atomic mass is 16.1. The number of aliphatic imine (C=N–C) groups is 2. The highest BCUT2D eigenvalue weighted by molar-refractivity contribution is 5.36. The summed E-state index contributed by atoms with van der Waals surface area (Å²) >= 11 is 0. The number of hydrogen-bond acceptors (Lipinski definition) is 4. The summed E-state index contributed by atoms with van der Waals surface area (Å²) < 4.78 is 0. The Kier molecular flexibility index (Phi) is 3.79. The van der Waals surface area contributed by atoms with Gasteiger partial charge in [-0.3, -0.25) is 0 Å². The van der Waals surface area contributed by atoms with Crippen LogP contribution in [0, 0.1) is 5.92 Å². The van der Waals surface area contributed by atoms with Crippen molar-refractivity contribution < 1.29 is 9.59 Å². The number of hydrogen-bond donors (Lipinski definition) is 0. The van der Waals surface area contributed by atoms with Gasteiger partial charge in [0.15, 0.2) is 0 Å². The fourth-order valence-corrected chi connectivity index (χ4v) is 2.49. The molecule has 4 nitrogen and oxygen atoms in total. The summed E-state index contributed by atoms with van der Waals surface area (Å²) in [5.41, 5.74) is -0.748. The van der Waals surface area contributed by atoms with Crippen molar-refractivity contribution in [3.8, 4) is 0 Å². The van der Waals surface area contributed by atoms with E-state index in [1.54, 1.807) is 12.2 Å². The molecule has 0 aromatic heterocycles. The minimum atomic E-state index is -0.415. The largest absolute Gasteiger partial charge is 0.235 e. The predicted octanol–water partition coefficient (Wildman–Crippen LogP) is 2.39. The molecule has 1 rings (SSSR count). The Hall–Kier alpha value is -1.24. The Bertz CT molecular complexity index is 333. The lowest BCUT2D eigenvalue weighted by Gasteiger charge is -2.39. The Labute approximate surface area is 95.9 Å². The van der Waals surface area contributed by atoms with Crippen LogP contribution in [-0.4, -0.2) is 23.2 Å². The quantitative estimate of drug-likeness (QED) is 0.543. The Balaban J connectivity index is 2.85. The zero-order valence-electron chi connectivity index (χ0n) is 10.1. The summed E-state index contributed by atoms with van der Waals surface area (Å²) in [4.78, 5) is 28.5. The maximum absolute atomic E-state index is 10.4. The van der Waals surface area contributed by atoms with E-state index in [-0.39, 0.29) is 11.5 Å². The molecule has 0 saturated heterocycles. The van der Waals surface area contributed by atoms with E-state index in [2.05, 4.69) is 9.98 Å². The van der Waals surface area contributed by atoms with Crippen LogP contribution in [0.2, 0.25) is 0 Å². The first-order chi connectivity index (χ1) is 7.43. The van der Waals surface area contributed by atoms with Crippen molar-refractivity contribution in [2.45, 2.75) is 57.5 Å². The van der Waals surface area contributed by atoms with Gasteiger partial charge in [0.1, 0.15) is 0 Å². The molecule has 0 spiro atoms. The van der Waals surface area contributed by atoms with Crippen molar-refractivity contribution >= 4 is 12.2 Å². The molecule has 0 aromatic rings. The molecule has 0 bridgehead atoms. The van der Waals surface area contributed by atoms with Crippen molar-refractivity contribution in [2.24, 2.45) is 15.9 Å². The Morgan fingerprint density at radius 2 is 2.00 bits per heavy atom. The molecular formula is C12H18N2O2. The van der Waals surface area contributed by atoms with Crippen molar-refractivity contribution in [1.29, 1.82) is 0 Å². The van der Waals surface area contributed by atoms with Crippen LogP contribution in [0.3, 0.4) is 0 Å². The average molecular weight is 222 g/mol. The molecule has 0 heterocycles. The van der Waals surface area contributed by atoms with Crippen LogP contribution in [0.4, 0.5) is 0 Å². The fourth-order valence-electron chi connectivity index (χ4n) is 2.49. The molecule has 2 atom stereocenters. The van der Waals surface area contributed by atoms with Gasteiger partial charge in [0.2, 0.25) is 12.2 Å². The van der Waals surface area contributed by atoms with Crippen LogP contribution >= 0.6 is 0 Å². The van der Waals surface area contributed by atoms with Crippen LogP contribution in [-0.2, 0) is 9.59 Å². The van der Waals surface area contributed by atoms with Gasteiger partial charge >= 0.3 is 0 Å². The topological polar surface area (TPSA) is 58.9 Å². The minimum absolute atomic E-state index is 0.268. The third-order valence-electron chi connectivity index (χ3n) is 3.60. The highest BCUT2D eigenvalue weighted by Gasteiger charge is 2.39. The molecule has 4 heteroatoms. The Morgan fingerprint density at radius 3 is 2.56 bits per heavy atom. The molecule has 1 aliphatic rings. The third kappa shape index (κ3) is 2.88. The summed E-state index contributed by atoms with van der Waals surface area (Å²) in [6.07, 6.45) is 6.98. The normalized spacial score (nSPS) is 30.1. The van der Waals surface area contributed by atoms with E-state index in [1.807, 2.05) is 20.8 Å². The second kappa shape index (κ2) is 4.73. The van der Waals surface area contributed by atoms with Gasteiger partial charge in [0.25, 0.3) is 0 Å². The summed E-state index contributed by atoms with van der Waals surface area (Å²) in [5.74, 6) is 0.268. The van der Waals surface area contributed by atoms with E-state index in [4.69, 9.17) is 0 Å². The van der Waals surface area contributed by atoms with E-state index in [1.165, 1.54) is 0 Å². The van der Waals surface area contributed by atoms with Gasteiger partial charge in [-0.05, 0) is 46.0 Å². The minimum Gasteiger partial charge on any atom is -0.211 e. The first-order valence-electron chi connectivity index (χ1n) is 5.61. The SMILES string of the molecule is CC1(N=C=O)CCCC(C(C)(C)N=C=O)C1. The second-order valence-electron chi connectivity index (χ2n) is 5.35. The van der Waals surface area contributed by atoms with Gasteiger partial charge in [-0.25, -0.2) is 9.59 Å². The average Bonchev–Trinajstić information content (AvgIpc) is 2.17. The Morgan fingerprint density at radius 1 is 1.31 bits per heavy atom. The van der Waals surface area contributed by atoms with Crippen LogP contribution in [0.25, 0.3) is 0 Å². The predicted molar refractivity (Wildman–Crippen MR) is 60.7 cm³/mol. The van der Waals surface area contributed by atoms with Gasteiger partial charge in [0.05, 0.1) is 11.1 Å². The number of nitrogens with zero attached hydrogens (tertiary/aromatic N) is 2. The number of isocyanates is 2. The molecule has 88 valence electrons. The third-order valence-corrected chi connectivity index (χ3v) is 3.60. The highest BCUT2D eigenvalue weighted by Crippen LogP contribution is 2.41. The van der Waals surface area contributed by atoms with Crippen LogP contribution in [0.15, 0.2) is 9.98 Å². The summed E-state index contributed by atoms with van der Waals surface area (Å²) in [6.45, 7) is 5.82. The number of carbonyl (C=O) groups excluding carboxylic acids is 2. The maximum Gasteiger partial charge on any atom is 0.235 e. The van der Waals surface area contributed by atoms with Gasteiger partial charge in [0, 0.05) is 0 Å². The molecule has 0 aliphatic heterocycles. The van der Waals surface area contributed by atoms with Gasteiger partial charge in [-0.2, -0.15) is 9.98 Å². The van der Waals surface area contributed by atoms with E-state index < -0.39 is 5.54 Å².